The Kier molecular flexibility index (Phi) is 4.38. The van der Waals surface area contributed by atoms with E-state index in [9.17, 15) is 0 Å². The van der Waals surface area contributed by atoms with Gasteiger partial charge in [0.15, 0.2) is 0 Å². The summed E-state index contributed by atoms with van der Waals surface area (Å²) in [6, 6.07) is 0. The largest absolute Gasteiger partial charge is 0.319 e. The number of hydrogen-bond acceptors (Lipinski definition) is 2. The van der Waals surface area contributed by atoms with Crippen molar-refractivity contribution in [2.45, 2.75) is 52.9 Å². The van der Waals surface area contributed by atoms with E-state index in [1.54, 1.807) is 0 Å². The second-order valence-electron chi connectivity index (χ2n) is 7.82. The normalized spacial score (nSPS) is 29.0. The van der Waals surface area contributed by atoms with Crippen molar-refractivity contribution in [3.8, 4) is 0 Å². The Morgan fingerprint density at radius 3 is 2.39 bits per heavy atom. The van der Waals surface area contributed by atoms with Crippen molar-refractivity contribution in [1.82, 2.24) is 10.2 Å². The van der Waals surface area contributed by atoms with Crippen molar-refractivity contribution in [1.29, 1.82) is 0 Å². The Balaban J connectivity index is 1.90. The Bertz CT molecular complexity index is 261. The molecule has 0 aromatic heterocycles. The van der Waals surface area contributed by atoms with E-state index in [1.807, 2.05) is 0 Å². The van der Waals surface area contributed by atoms with E-state index in [0.717, 1.165) is 5.92 Å². The maximum absolute atomic E-state index is 3.44. The fraction of sp³-hybridized carbons (Fsp3) is 1.00. The smallest absolute Gasteiger partial charge is 0.00503 e. The molecule has 0 amide bonds. The summed E-state index contributed by atoms with van der Waals surface area (Å²) in [7, 11) is 2.11. The monoisotopic (exact) mass is 252 g/mol. The molecule has 0 bridgehead atoms. The van der Waals surface area contributed by atoms with E-state index in [0.29, 0.717) is 10.8 Å². The van der Waals surface area contributed by atoms with Crippen molar-refractivity contribution in [2.24, 2.45) is 16.7 Å². The molecule has 1 unspecified atom stereocenters. The highest BCUT2D eigenvalue weighted by Gasteiger charge is 2.38. The average molecular weight is 252 g/mol. The maximum Gasteiger partial charge on any atom is 0.00503 e. The molecule has 2 fully saturated rings. The first-order chi connectivity index (χ1) is 8.45. The zero-order chi connectivity index (χ0) is 13.2. The Hall–Kier alpha value is -0.0800. The summed E-state index contributed by atoms with van der Waals surface area (Å²) in [5.41, 5.74) is 1.07. The molecule has 0 aromatic rings. The van der Waals surface area contributed by atoms with E-state index in [4.69, 9.17) is 0 Å². The number of nitrogens with one attached hydrogen (secondary N) is 1. The van der Waals surface area contributed by atoms with E-state index in [-0.39, 0.29) is 0 Å². The SMILES string of the molecule is CNCC1(CN2CCC(C(C)(C)C)C2)CCCC1. The third-order valence-electron chi connectivity index (χ3n) is 5.27. The van der Waals surface area contributed by atoms with Crippen LogP contribution >= 0.6 is 0 Å². The molecule has 0 spiro atoms. The zero-order valence-electron chi connectivity index (χ0n) is 12.9. The number of nitrogens with zero attached hydrogens (tertiary/aromatic N) is 1. The van der Waals surface area contributed by atoms with Gasteiger partial charge in [-0.1, -0.05) is 33.6 Å². The van der Waals surface area contributed by atoms with Crippen LogP contribution < -0.4 is 5.32 Å². The summed E-state index contributed by atoms with van der Waals surface area (Å²) in [5.74, 6) is 0.894. The predicted molar refractivity (Wildman–Crippen MR) is 78.8 cm³/mol. The Morgan fingerprint density at radius 1 is 1.22 bits per heavy atom. The topological polar surface area (TPSA) is 15.3 Å². The van der Waals surface area contributed by atoms with Gasteiger partial charge in [0.05, 0.1) is 0 Å². The molecule has 0 aromatic carbocycles. The van der Waals surface area contributed by atoms with Crippen LogP contribution in [0.15, 0.2) is 0 Å². The van der Waals surface area contributed by atoms with Gasteiger partial charge < -0.3 is 10.2 Å². The van der Waals surface area contributed by atoms with Gasteiger partial charge in [0.25, 0.3) is 0 Å². The fourth-order valence-electron chi connectivity index (χ4n) is 4.05. The molecule has 2 rings (SSSR count). The molecule has 1 aliphatic heterocycles. The van der Waals surface area contributed by atoms with Crippen LogP contribution in [0.5, 0.6) is 0 Å². The summed E-state index contributed by atoms with van der Waals surface area (Å²) < 4.78 is 0. The van der Waals surface area contributed by atoms with Gasteiger partial charge in [0, 0.05) is 19.6 Å². The molecule has 2 heteroatoms. The number of rotatable bonds is 4. The van der Waals surface area contributed by atoms with Gasteiger partial charge in [0.1, 0.15) is 0 Å². The molecule has 2 aliphatic rings. The van der Waals surface area contributed by atoms with Crippen LogP contribution in [0.2, 0.25) is 0 Å². The van der Waals surface area contributed by atoms with E-state index in [2.05, 4.69) is 38.0 Å². The molecule has 1 N–H and O–H groups in total. The summed E-state index contributed by atoms with van der Waals surface area (Å²) in [6.45, 7) is 12.4. The average Bonchev–Trinajstić information content (AvgIpc) is 2.88. The lowest BCUT2D eigenvalue weighted by molar-refractivity contribution is 0.157. The van der Waals surface area contributed by atoms with Crippen molar-refractivity contribution in [3.63, 3.8) is 0 Å². The van der Waals surface area contributed by atoms with Gasteiger partial charge in [-0.05, 0) is 49.6 Å². The minimum absolute atomic E-state index is 0.487. The summed E-state index contributed by atoms with van der Waals surface area (Å²) in [4.78, 5) is 2.75. The van der Waals surface area contributed by atoms with Gasteiger partial charge in [-0.3, -0.25) is 0 Å². The number of hydrogen-bond donors (Lipinski definition) is 1. The molecule has 2 nitrogen and oxygen atoms in total. The zero-order valence-corrected chi connectivity index (χ0v) is 12.9. The first kappa shape index (κ1) is 14.3. The van der Waals surface area contributed by atoms with Gasteiger partial charge in [-0.25, -0.2) is 0 Å². The molecule has 1 aliphatic carbocycles. The summed E-state index contributed by atoms with van der Waals surface area (Å²) >= 11 is 0. The molecule has 1 saturated heterocycles. The van der Waals surface area contributed by atoms with Crippen LogP contribution in [-0.2, 0) is 0 Å². The van der Waals surface area contributed by atoms with Gasteiger partial charge in [-0.2, -0.15) is 0 Å². The van der Waals surface area contributed by atoms with Crippen LogP contribution in [0.3, 0.4) is 0 Å². The quantitative estimate of drug-likeness (QED) is 0.827. The summed E-state index contributed by atoms with van der Waals surface area (Å²) in [6.07, 6.45) is 7.16. The molecule has 1 heterocycles. The standard InChI is InChI=1S/C16H32N2/c1-15(2,3)14-7-10-18(11-14)13-16(12-17-4)8-5-6-9-16/h14,17H,5-13H2,1-4H3. The molecule has 18 heavy (non-hydrogen) atoms. The lowest BCUT2D eigenvalue weighted by Crippen LogP contribution is -2.41. The minimum atomic E-state index is 0.487. The Labute approximate surface area is 114 Å². The third kappa shape index (κ3) is 3.27. The van der Waals surface area contributed by atoms with E-state index >= 15 is 0 Å². The number of likely N-dealkylation sites (tertiary alicyclic amines) is 1. The molecule has 106 valence electrons. The first-order valence-electron chi connectivity index (χ1n) is 7.82. The van der Waals surface area contributed by atoms with E-state index in [1.165, 1.54) is 58.3 Å². The van der Waals surface area contributed by atoms with Gasteiger partial charge in [0.2, 0.25) is 0 Å². The molecule has 0 radical (unpaired) electrons. The predicted octanol–water partition coefficient (Wildman–Crippen LogP) is 3.13. The fourth-order valence-corrected chi connectivity index (χ4v) is 4.05. The highest BCUT2D eigenvalue weighted by atomic mass is 15.2. The minimum Gasteiger partial charge on any atom is -0.319 e. The highest BCUT2D eigenvalue weighted by Crippen LogP contribution is 2.41. The molecule has 1 atom stereocenters. The lowest BCUT2D eigenvalue weighted by Gasteiger charge is -2.34. The maximum atomic E-state index is 3.44. The third-order valence-corrected chi connectivity index (χ3v) is 5.27. The summed E-state index contributed by atoms with van der Waals surface area (Å²) in [5, 5.41) is 3.44. The van der Waals surface area contributed by atoms with Crippen molar-refractivity contribution < 1.29 is 0 Å². The van der Waals surface area contributed by atoms with Gasteiger partial charge >= 0.3 is 0 Å². The highest BCUT2D eigenvalue weighted by molar-refractivity contribution is 4.92. The van der Waals surface area contributed by atoms with Crippen molar-refractivity contribution in [3.05, 3.63) is 0 Å². The van der Waals surface area contributed by atoms with Crippen molar-refractivity contribution >= 4 is 0 Å². The van der Waals surface area contributed by atoms with Gasteiger partial charge in [-0.15, -0.1) is 0 Å². The van der Waals surface area contributed by atoms with E-state index < -0.39 is 0 Å². The lowest BCUT2D eigenvalue weighted by atomic mass is 9.80. The van der Waals surface area contributed by atoms with Crippen LogP contribution in [0, 0.1) is 16.7 Å². The molecular formula is C16H32N2. The Morgan fingerprint density at radius 2 is 1.89 bits per heavy atom. The van der Waals surface area contributed by atoms with Crippen LogP contribution in [0.1, 0.15) is 52.9 Å². The molecular weight excluding hydrogens is 220 g/mol. The van der Waals surface area contributed by atoms with Crippen LogP contribution in [-0.4, -0.2) is 38.1 Å². The molecule has 1 saturated carbocycles. The van der Waals surface area contributed by atoms with Crippen LogP contribution in [0.25, 0.3) is 0 Å². The van der Waals surface area contributed by atoms with Crippen molar-refractivity contribution in [2.75, 3.05) is 33.2 Å². The van der Waals surface area contributed by atoms with Crippen LogP contribution in [0.4, 0.5) is 0 Å². The first-order valence-corrected chi connectivity index (χ1v) is 7.82. The second-order valence-corrected chi connectivity index (χ2v) is 7.82. The second kappa shape index (κ2) is 5.50.